The zero-order valence-corrected chi connectivity index (χ0v) is 16.7. The number of H-pyrrole nitrogens is 1. The summed E-state index contributed by atoms with van der Waals surface area (Å²) in [6, 6.07) is 13.4. The van der Waals surface area contributed by atoms with Crippen molar-refractivity contribution >= 4 is 16.7 Å². The van der Waals surface area contributed by atoms with Gasteiger partial charge in [0.2, 0.25) is 0 Å². The molecule has 0 atom stereocenters. The standard InChI is InChI=1S/C23H21N5O2/c1-23(2,30)15-7-5-14(6-8-15)20-19-12-26-21-18(9-11-25-21)28(19)22(27-20)16-4-3-10-24-17(16)13-29/h3-12,25,29-30H,13H2,1-2H3. The zero-order chi connectivity index (χ0) is 20.9. The number of imidazole rings is 1. The summed E-state index contributed by atoms with van der Waals surface area (Å²) in [6.45, 7) is 3.34. The first-order valence-electron chi connectivity index (χ1n) is 9.70. The van der Waals surface area contributed by atoms with Gasteiger partial charge in [-0.3, -0.25) is 9.38 Å². The van der Waals surface area contributed by atoms with Crippen molar-refractivity contribution in [2.45, 2.75) is 26.1 Å². The van der Waals surface area contributed by atoms with Crippen LogP contribution in [0.25, 0.3) is 39.3 Å². The van der Waals surface area contributed by atoms with Crippen LogP contribution in [-0.2, 0) is 12.2 Å². The molecule has 1 aromatic carbocycles. The van der Waals surface area contributed by atoms with Gasteiger partial charge in [0.15, 0.2) is 5.65 Å². The van der Waals surface area contributed by atoms with Gasteiger partial charge in [-0.1, -0.05) is 24.3 Å². The van der Waals surface area contributed by atoms with Gasteiger partial charge in [0, 0.05) is 23.5 Å². The molecule has 5 aromatic rings. The molecule has 7 heteroatoms. The highest BCUT2D eigenvalue weighted by Gasteiger charge is 2.21. The molecular formula is C23H21N5O2. The second-order valence-corrected chi connectivity index (χ2v) is 7.77. The summed E-state index contributed by atoms with van der Waals surface area (Å²) in [5.41, 5.74) is 5.42. The lowest BCUT2D eigenvalue weighted by molar-refractivity contribution is 0.0786. The minimum Gasteiger partial charge on any atom is -0.390 e. The first-order valence-corrected chi connectivity index (χ1v) is 9.70. The minimum absolute atomic E-state index is 0.179. The Morgan fingerprint density at radius 1 is 1.03 bits per heavy atom. The maximum Gasteiger partial charge on any atom is 0.154 e. The van der Waals surface area contributed by atoms with Crippen molar-refractivity contribution in [3.63, 3.8) is 0 Å². The second kappa shape index (κ2) is 6.76. The molecule has 0 aliphatic carbocycles. The quantitative estimate of drug-likeness (QED) is 0.428. The molecule has 4 heterocycles. The predicted molar refractivity (Wildman–Crippen MR) is 115 cm³/mol. The molecule has 0 unspecified atom stereocenters. The summed E-state index contributed by atoms with van der Waals surface area (Å²) in [7, 11) is 0. The Hall–Kier alpha value is -3.55. The summed E-state index contributed by atoms with van der Waals surface area (Å²) in [5.74, 6) is 0.690. The largest absolute Gasteiger partial charge is 0.390 e. The second-order valence-electron chi connectivity index (χ2n) is 7.77. The number of nitrogens with one attached hydrogen (secondary N) is 1. The fraction of sp³-hybridized carbons (Fsp3) is 0.174. The van der Waals surface area contributed by atoms with Gasteiger partial charge in [-0.2, -0.15) is 0 Å². The molecule has 5 rings (SSSR count). The molecule has 0 saturated heterocycles. The molecule has 0 aliphatic heterocycles. The van der Waals surface area contributed by atoms with Crippen LogP contribution in [0.4, 0.5) is 0 Å². The number of aromatic amines is 1. The Balaban J connectivity index is 1.80. The van der Waals surface area contributed by atoms with Gasteiger partial charge < -0.3 is 15.2 Å². The molecule has 0 radical (unpaired) electrons. The van der Waals surface area contributed by atoms with Gasteiger partial charge in [-0.15, -0.1) is 0 Å². The molecule has 3 N–H and O–H groups in total. The van der Waals surface area contributed by atoms with Gasteiger partial charge in [0.05, 0.1) is 40.8 Å². The normalized spacial score (nSPS) is 12.1. The van der Waals surface area contributed by atoms with E-state index in [2.05, 4.69) is 15.0 Å². The maximum absolute atomic E-state index is 10.3. The topological polar surface area (TPSA) is 99.3 Å². The first kappa shape index (κ1) is 18.5. The van der Waals surface area contributed by atoms with Crippen molar-refractivity contribution in [1.82, 2.24) is 24.3 Å². The Morgan fingerprint density at radius 3 is 2.57 bits per heavy atom. The van der Waals surface area contributed by atoms with Crippen molar-refractivity contribution in [2.75, 3.05) is 0 Å². The molecule has 0 spiro atoms. The van der Waals surface area contributed by atoms with Crippen LogP contribution >= 0.6 is 0 Å². The molecule has 0 amide bonds. The number of hydrogen-bond donors (Lipinski definition) is 3. The van der Waals surface area contributed by atoms with Gasteiger partial charge in [-0.05, 0) is 37.6 Å². The molecule has 0 fully saturated rings. The molecule has 4 aromatic heterocycles. The smallest absolute Gasteiger partial charge is 0.154 e. The monoisotopic (exact) mass is 399 g/mol. The number of aliphatic hydroxyl groups is 2. The van der Waals surface area contributed by atoms with E-state index in [9.17, 15) is 10.2 Å². The third-order valence-electron chi connectivity index (χ3n) is 5.32. The molecule has 150 valence electrons. The third-order valence-corrected chi connectivity index (χ3v) is 5.32. The Morgan fingerprint density at radius 2 is 1.83 bits per heavy atom. The number of nitrogens with zero attached hydrogens (tertiary/aromatic N) is 4. The van der Waals surface area contributed by atoms with Crippen LogP contribution in [0, 0.1) is 0 Å². The van der Waals surface area contributed by atoms with E-state index >= 15 is 0 Å². The summed E-state index contributed by atoms with van der Waals surface area (Å²) in [4.78, 5) is 16.9. The highest BCUT2D eigenvalue weighted by molar-refractivity contribution is 5.87. The maximum atomic E-state index is 10.3. The summed E-state index contributed by atoms with van der Waals surface area (Å²) >= 11 is 0. The van der Waals surface area contributed by atoms with E-state index in [1.165, 1.54) is 0 Å². The van der Waals surface area contributed by atoms with Crippen molar-refractivity contribution in [3.05, 3.63) is 72.3 Å². The van der Waals surface area contributed by atoms with E-state index < -0.39 is 5.60 Å². The zero-order valence-electron chi connectivity index (χ0n) is 16.7. The average molecular weight is 399 g/mol. The molecule has 0 bridgehead atoms. The Bertz CT molecular complexity index is 1360. The lowest BCUT2D eigenvalue weighted by Crippen LogP contribution is -2.14. The number of fused-ring (bicyclic) bond motifs is 3. The molecule has 0 saturated carbocycles. The molecule has 30 heavy (non-hydrogen) atoms. The van der Waals surface area contributed by atoms with Gasteiger partial charge in [0.1, 0.15) is 5.82 Å². The fourth-order valence-electron chi connectivity index (χ4n) is 3.75. The van der Waals surface area contributed by atoms with Crippen LogP contribution < -0.4 is 0 Å². The van der Waals surface area contributed by atoms with Crippen molar-refractivity contribution in [3.8, 4) is 22.6 Å². The summed E-state index contributed by atoms with van der Waals surface area (Å²) in [6.07, 6.45) is 5.30. The van der Waals surface area contributed by atoms with Gasteiger partial charge in [-0.25, -0.2) is 9.97 Å². The van der Waals surface area contributed by atoms with Crippen LogP contribution in [0.1, 0.15) is 25.1 Å². The van der Waals surface area contributed by atoms with E-state index in [1.54, 1.807) is 26.2 Å². The lowest BCUT2D eigenvalue weighted by atomic mass is 9.97. The van der Waals surface area contributed by atoms with Gasteiger partial charge in [0.25, 0.3) is 0 Å². The number of rotatable bonds is 4. The lowest BCUT2D eigenvalue weighted by Gasteiger charge is -2.17. The van der Waals surface area contributed by atoms with E-state index in [1.807, 2.05) is 53.1 Å². The SMILES string of the molecule is CC(C)(O)c1ccc(-c2nc(-c3cccnc3CO)n3c2cnc2[nH]ccc23)cc1. The highest BCUT2D eigenvalue weighted by Crippen LogP contribution is 2.33. The number of hydrogen-bond acceptors (Lipinski definition) is 5. The van der Waals surface area contributed by atoms with Crippen molar-refractivity contribution in [1.29, 1.82) is 0 Å². The number of aromatic nitrogens is 5. The van der Waals surface area contributed by atoms with E-state index in [-0.39, 0.29) is 6.61 Å². The first-order chi connectivity index (χ1) is 14.5. The minimum atomic E-state index is -0.912. The van der Waals surface area contributed by atoms with Crippen LogP contribution in [0.15, 0.2) is 61.1 Å². The highest BCUT2D eigenvalue weighted by atomic mass is 16.3. The molecule has 7 nitrogen and oxygen atoms in total. The van der Waals surface area contributed by atoms with E-state index in [4.69, 9.17) is 4.98 Å². The van der Waals surface area contributed by atoms with Gasteiger partial charge >= 0.3 is 0 Å². The number of benzene rings is 1. The summed E-state index contributed by atoms with van der Waals surface area (Å²) in [5, 5.41) is 20.1. The van der Waals surface area contributed by atoms with Crippen LogP contribution in [-0.4, -0.2) is 34.5 Å². The molecular weight excluding hydrogens is 378 g/mol. The fourth-order valence-corrected chi connectivity index (χ4v) is 3.75. The molecule has 0 aliphatic rings. The van der Waals surface area contributed by atoms with Crippen LogP contribution in [0.3, 0.4) is 0 Å². The van der Waals surface area contributed by atoms with Crippen LogP contribution in [0.5, 0.6) is 0 Å². The van der Waals surface area contributed by atoms with Crippen molar-refractivity contribution < 1.29 is 10.2 Å². The Kier molecular flexibility index (Phi) is 4.16. The predicted octanol–water partition coefficient (Wildman–Crippen LogP) is 3.66. The Labute approximate surface area is 172 Å². The van der Waals surface area contributed by atoms with Crippen LogP contribution in [0.2, 0.25) is 0 Å². The number of aliphatic hydroxyl groups excluding tert-OH is 1. The van der Waals surface area contributed by atoms with Crippen molar-refractivity contribution in [2.24, 2.45) is 0 Å². The van der Waals surface area contributed by atoms with E-state index in [0.29, 0.717) is 11.5 Å². The number of pyridine rings is 1. The summed E-state index contributed by atoms with van der Waals surface area (Å²) < 4.78 is 2.04. The van der Waals surface area contributed by atoms with E-state index in [0.717, 1.165) is 39.1 Å². The average Bonchev–Trinajstić information content (AvgIpc) is 3.37. The third kappa shape index (κ3) is 2.87.